The van der Waals surface area contributed by atoms with Crippen molar-refractivity contribution in [1.82, 2.24) is 0 Å². The van der Waals surface area contributed by atoms with Crippen molar-refractivity contribution in [3.05, 3.63) is 63.4 Å². The molecular weight excluding hydrogens is 317 g/mol. The lowest BCUT2D eigenvalue weighted by Crippen LogP contribution is -2.18. The highest BCUT2D eigenvalue weighted by Gasteiger charge is 2.07. The average Bonchev–Trinajstić information content (AvgIpc) is 2.38. The second-order valence-electron chi connectivity index (χ2n) is 5.30. The Hall–Kier alpha value is -1.35. The summed E-state index contributed by atoms with van der Waals surface area (Å²) >= 11 is 3.58. The van der Waals surface area contributed by atoms with Crippen LogP contribution in [0.4, 0.5) is 10.1 Å². The number of rotatable bonds is 4. The van der Waals surface area contributed by atoms with Crippen molar-refractivity contribution in [2.75, 3.05) is 5.32 Å². The zero-order valence-electron chi connectivity index (χ0n) is 12.0. The van der Waals surface area contributed by atoms with Gasteiger partial charge in [-0.15, -0.1) is 0 Å². The van der Waals surface area contributed by atoms with Crippen LogP contribution in [0.5, 0.6) is 0 Å². The van der Waals surface area contributed by atoms with E-state index in [1.165, 1.54) is 23.3 Å². The van der Waals surface area contributed by atoms with Gasteiger partial charge >= 0.3 is 0 Å². The number of hydrogen-bond acceptors (Lipinski definition) is 1. The summed E-state index contributed by atoms with van der Waals surface area (Å²) in [5, 5.41) is 3.50. The molecule has 2 aromatic carbocycles. The van der Waals surface area contributed by atoms with E-state index in [1.54, 1.807) is 0 Å². The van der Waals surface area contributed by atoms with Crippen LogP contribution in [0.1, 0.15) is 23.6 Å². The summed E-state index contributed by atoms with van der Waals surface area (Å²) in [6.07, 6.45) is 0.869. The molecule has 0 fully saturated rings. The van der Waals surface area contributed by atoms with Gasteiger partial charge in [0.15, 0.2) is 0 Å². The first-order valence-electron chi connectivity index (χ1n) is 6.73. The molecule has 1 nitrogen and oxygen atoms in total. The van der Waals surface area contributed by atoms with Crippen LogP contribution in [0.2, 0.25) is 0 Å². The minimum atomic E-state index is -0.187. The van der Waals surface area contributed by atoms with E-state index in [0.29, 0.717) is 6.04 Å². The summed E-state index contributed by atoms with van der Waals surface area (Å²) in [5.74, 6) is -0.187. The number of halogens is 2. The molecule has 3 heteroatoms. The zero-order valence-corrected chi connectivity index (χ0v) is 13.6. The molecule has 2 aromatic rings. The van der Waals surface area contributed by atoms with Gasteiger partial charge in [-0.3, -0.25) is 0 Å². The molecular formula is C17H19BrFN. The fourth-order valence-corrected chi connectivity index (χ4v) is 2.57. The van der Waals surface area contributed by atoms with Crippen molar-refractivity contribution < 1.29 is 4.39 Å². The quantitative estimate of drug-likeness (QED) is 0.804. The lowest BCUT2D eigenvalue weighted by molar-refractivity contribution is 0.626. The predicted molar refractivity (Wildman–Crippen MR) is 86.8 cm³/mol. The highest BCUT2D eigenvalue weighted by molar-refractivity contribution is 9.10. The number of anilines is 1. The van der Waals surface area contributed by atoms with E-state index >= 15 is 0 Å². The monoisotopic (exact) mass is 335 g/mol. The van der Waals surface area contributed by atoms with E-state index < -0.39 is 0 Å². The normalized spacial score (nSPS) is 12.2. The van der Waals surface area contributed by atoms with Gasteiger partial charge in [-0.25, -0.2) is 4.39 Å². The number of benzene rings is 2. The van der Waals surface area contributed by atoms with E-state index in [9.17, 15) is 4.39 Å². The Bertz CT molecular complexity index is 569. The number of aryl methyl sites for hydroxylation is 2. The standard InChI is InChI=1S/C17H19BrFN/c1-11-8-16(9-12(2)17(11)18)20-13(3)10-14-4-6-15(19)7-5-14/h4-9,13,20H,10H2,1-3H3. The maximum Gasteiger partial charge on any atom is 0.123 e. The van der Waals surface area contributed by atoms with Crippen molar-refractivity contribution in [2.24, 2.45) is 0 Å². The van der Waals surface area contributed by atoms with Gasteiger partial charge in [0.1, 0.15) is 5.82 Å². The summed E-state index contributed by atoms with van der Waals surface area (Å²) in [5.41, 5.74) is 4.71. The molecule has 0 aliphatic carbocycles. The molecule has 0 spiro atoms. The maximum absolute atomic E-state index is 12.9. The van der Waals surface area contributed by atoms with Crippen molar-refractivity contribution in [2.45, 2.75) is 33.2 Å². The third kappa shape index (κ3) is 3.83. The van der Waals surface area contributed by atoms with Gasteiger partial charge in [-0.1, -0.05) is 28.1 Å². The van der Waals surface area contributed by atoms with Gasteiger partial charge in [-0.2, -0.15) is 0 Å². The van der Waals surface area contributed by atoms with Crippen LogP contribution in [0.3, 0.4) is 0 Å². The Labute approximate surface area is 128 Å². The van der Waals surface area contributed by atoms with Crippen molar-refractivity contribution in [3.8, 4) is 0 Å². The Kier molecular flexibility index (Phi) is 4.81. The number of hydrogen-bond donors (Lipinski definition) is 1. The van der Waals surface area contributed by atoms with Crippen LogP contribution in [-0.2, 0) is 6.42 Å². The number of nitrogens with one attached hydrogen (secondary N) is 1. The minimum absolute atomic E-state index is 0.187. The molecule has 106 valence electrons. The van der Waals surface area contributed by atoms with E-state index in [0.717, 1.165) is 22.1 Å². The average molecular weight is 336 g/mol. The molecule has 0 aromatic heterocycles. The second kappa shape index (κ2) is 6.40. The Morgan fingerprint density at radius 2 is 1.65 bits per heavy atom. The summed E-state index contributed by atoms with van der Waals surface area (Å²) < 4.78 is 14.0. The van der Waals surface area contributed by atoms with E-state index in [4.69, 9.17) is 0 Å². The Morgan fingerprint density at radius 3 is 2.20 bits per heavy atom. The second-order valence-corrected chi connectivity index (χ2v) is 6.09. The molecule has 0 bridgehead atoms. The summed E-state index contributed by atoms with van der Waals surface area (Å²) in [7, 11) is 0. The lowest BCUT2D eigenvalue weighted by atomic mass is 10.1. The van der Waals surface area contributed by atoms with Crippen molar-refractivity contribution >= 4 is 21.6 Å². The van der Waals surface area contributed by atoms with Gasteiger partial charge in [0, 0.05) is 16.2 Å². The Balaban J connectivity index is 2.04. The molecule has 1 N–H and O–H groups in total. The zero-order chi connectivity index (χ0) is 14.7. The largest absolute Gasteiger partial charge is 0.382 e. The topological polar surface area (TPSA) is 12.0 Å². The minimum Gasteiger partial charge on any atom is -0.382 e. The van der Waals surface area contributed by atoms with Gasteiger partial charge in [0.25, 0.3) is 0 Å². The van der Waals surface area contributed by atoms with Crippen LogP contribution in [0.25, 0.3) is 0 Å². The van der Waals surface area contributed by atoms with E-state index in [-0.39, 0.29) is 5.82 Å². The fraction of sp³-hybridized carbons (Fsp3) is 0.294. The molecule has 0 aliphatic heterocycles. The van der Waals surface area contributed by atoms with E-state index in [1.807, 2.05) is 12.1 Å². The molecule has 1 atom stereocenters. The third-order valence-corrected chi connectivity index (χ3v) is 4.56. The predicted octanol–water partition coefficient (Wildman–Crippen LogP) is 5.25. The van der Waals surface area contributed by atoms with Gasteiger partial charge < -0.3 is 5.32 Å². The molecule has 0 heterocycles. The van der Waals surface area contributed by atoms with Crippen molar-refractivity contribution in [3.63, 3.8) is 0 Å². The fourth-order valence-electron chi connectivity index (χ4n) is 2.34. The van der Waals surface area contributed by atoms with Crippen molar-refractivity contribution in [1.29, 1.82) is 0 Å². The van der Waals surface area contributed by atoms with Crippen LogP contribution in [0, 0.1) is 19.7 Å². The highest BCUT2D eigenvalue weighted by Crippen LogP contribution is 2.25. The van der Waals surface area contributed by atoms with E-state index in [2.05, 4.69) is 54.2 Å². The molecule has 0 saturated carbocycles. The van der Waals surface area contributed by atoms with Crippen LogP contribution in [-0.4, -0.2) is 6.04 Å². The van der Waals surface area contributed by atoms with Crippen LogP contribution < -0.4 is 5.32 Å². The lowest BCUT2D eigenvalue weighted by Gasteiger charge is -2.17. The molecule has 2 rings (SSSR count). The van der Waals surface area contributed by atoms with Crippen LogP contribution >= 0.6 is 15.9 Å². The SMILES string of the molecule is Cc1cc(NC(C)Cc2ccc(F)cc2)cc(C)c1Br. The summed E-state index contributed by atoms with van der Waals surface area (Å²) in [6.45, 7) is 6.32. The molecule has 0 radical (unpaired) electrons. The van der Waals surface area contributed by atoms with Crippen LogP contribution in [0.15, 0.2) is 40.9 Å². The first kappa shape index (κ1) is 15.0. The smallest absolute Gasteiger partial charge is 0.123 e. The summed E-state index contributed by atoms with van der Waals surface area (Å²) in [4.78, 5) is 0. The van der Waals surface area contributed by atoms with Gasteiger partial charge in [0.05, 0.1) is 0 Å². The van der Waals surface area contributed by atoms with Gasteiger partial charge in [0.2, 0.25) is 0 Å². The first-order chi connectivity index (χ1) is 9.45. The van der Waals surface area contributed by atoms with Gasteiger partial charge in [-0.05, 0) is 68.1 Å². The first-order valence-corrected chi connectivity index (χ1v) is 7.52. The summed E-state index contributed by atoms with van der Waals surface area (Å²) in [6, 6.07) is 11.3. The Morgan fingerprint density at radius 1 is 1.10 bits per heavy atom. The molecule has 0 saturated heterocycles. The molecule has 1 unspecified atom stereocenters. The highest BCUT2D eigenvalue weighted by atomic mass is 79.9. The molecule has 0 aliphatic rings. The molecule has 20 heavy (non-hydrogen) atoms. The third-order valence-electron chi connectivity index (χ3n) is 3.30. The molecule has 0 amide bonds. The maximum atomic E-state index is 12.9.